The molecule has 0 aliphatic rings. The first-order valence-corrected chi connectivity index (χ1v) is 5.58. The van der Waals surface area contributed by atoms with Crippen molar-refractivity contribution in [2.45, 2.75) is 0 Å². The quantitative estimate of drug-likeness (QED) is 0.595. The summed E-state index contributed by atoms with van der Waals surface area (Å²) in [6, 6.07) is 3.25. The Balaban J connectivity index is 3.78. The Bertz CT molecular complexity index is 381. The van der Waals surface area contributed by atoms with E-state index >= 15 is 0 Å². The summed E-state index contributed by atoms with van der Waals surface area (Å²) in [6.45, 7) is 0. The van der Waals surface area contributed by atoms with Crippen molar-refractivity contribution in [1.82, 2.24) is 4.98 Å². The molecule has 0 aliphatic heterocycles. The van der Waals surface area contributed by atoms with Crippen LogP contribution >= 0.6 is 0 Å². The van der Waals surface area contributed by atoms with Crippen molar-refractivity contribution < 1.29 is 5.11 Å². The van der Waals surface area contributed by atoms with Gasteiger partial charge in [-0.1, -0.05) is 0 Å². The Morgan fingerprint density at radius 1 is 1.50 bits per heavy atom. The van der Waals surface area contributed by atoms with Crippen LogP contribution in [0.25, 0.3) is 0 Å². The van der Waals surface area contributed by atoms with Gasteiger partial charge >= 0.3 is 0 Å². The fourth-order valence-corrected chi connectivity index (χ4v) is 1.75. The zero-order valence-electron chi connectivity index (χ0n) is 4.90. The summed E-state index contributed by atoms with van der Waals surface area (Å²) in [5, 5.41) is 9.12. The van der Waals surface area contributed by atoms with Crippen LogP contribution < -0.4 is 0 Å². The van der Waals surface area contributed by atoms with Crippen molar-refractivity contribution in [3.63, 3.8) is 0 Å². The largest absolute Gasteiger partial charge is 0.505 e. The molecule has 10 heavy (non-hydrogen) atoms. The van der Waals surface area contributed by atoms with Crippen LogP contribution in [0.2, 0.25) is 0 Å². The molecule has 0 atom stereocenters. The molecule has 2 N–H and O–H groups in total. The molecular formula is C5H5NOS3. The number of hydrogen-bond donors (Lipinski definition) is 2. The van der Waals surface area contributed by atoms with Crippen LogP contribution in [0, 0.1) is 4.64 Å². The predicted molar refractivity (Wildman–Crippen MR) is 47.8 cm³/mol. The maximum Gasteiger partial charge on any atom is 0.150 e. The summed E-state index contributed by atoms with van der Waals surface area (Å²) in [4.78, 5) is 2.79. The van der Waals surface area contributed by atoms with Crippen molar-refractivity contribution >= 4 is 30.0 Å². The second kappa shape index (κ2) is 3.14. The van der Waals surface area contributed by atoms with Crippen LogP contribution in [0.4, 0.5) is 0 Å². The van der Waals surface area contributed by atoms with E-state index in [9.17, 15) is 0 Å². The van der Waals surface area contributed by atoms with Gasteiger partial charge in [-0.2, -0.15) is 0 Å². The lowest BCUT2D eigenvalue weighted by molar-refractivity contribution is 0.470. The maximum atomic E-state index is 9.12. The highest BCUT2D eigenvalue weighted by atomic mass is 33.1. The third kappa shape index (κ3) is 1.56. The lowest BCUT2D eigenvalue weighted by Crippen LogP contribution is -1.74. The highest BCUT2D eigenvalue weighted by molar-refractivity contribution is 8.42. The highest BCUT2D eigenvalue weighted by Crippen LogP contribution is 2.04. The fraction of sp³-hybridized carbons (Fsp3) is 0. The van der Waals surface area contributed by atoms with Gasteiger partial charge in [0.25, 0.3) is 0 Å². The van der Waals surface area contributed by atoms with E-state index < -0.39 is 7.60 Å². The van der Waals surface area contributed by atoms with E-state index in [1.54, 1.807) is 18.3 Å². The molecule has 1 heterocycles. The summed E-state index contributed by atoms with van der Waals surface area (Å²) in [6.07, 6.45) is 1.69. The minimum Gasteiger partial charge on any atom is -0.505 e. The van der Waals surface area contributed by atoms with Gasteiger partial charge in [0.05, 0.1) is 0 Å². The van der Waals surface area contributed by atoms with Crippen LogP contribution in [0.1, 0.15) is 0 Å². The van der Waals surface area contributed by atoms with Gasteiger partial charge in [-0.05, 0) is 42.1 Å². The van der Waals surface area contributed by atoms with Crippen LogP contribution in [0.5, 0.6) is 5.75 Å². The van der Waals surface area contributed by atoms with Crippen molar-refractivity contribution in [3.8, 4) is 5.75 Å². The van der Waals surface area contributed by atoms with E-state index in [-0.39, 0.29) is 5.75 Å². The summed E-state index contributed by atoms with van der Waals surface area (Å²) < 4.78 is 0.549. The van der Waals surface area contributed by atoms with E-state index in [1.165, 1.54) is 0 Å². The van der Waals surface area contributed by atoms with Crippen molar-refractivity contribution in [3.05, 3.63) is 23.0 Å². The number of H-pyrrole nitrogens is 1. The first-order chi connectivity index (χ1) is 4.72. The Morgan fingerprint density at radius 2 is 2.20 bits per heavy atom. The van der Waals surface area contributed by atoms with E-state index in [0.717, 1.165) is 0 Å². The number of aromatic amines is 1. The average molecular weight is 191 g/mol. The number of hydrogen-bond acceptors (Lipinski definition) is 3. The normalized spacial score (nSPS) is 9.20. The lowest BCUT2D eigenvalue weighted by Gasteiger charge is -1.87. The zero-order valence-corrected chi connectivity index (χ0v) is 7.35. The van der Waals surface area contributed by atoms with Crippen LogP contribution in [-0.4, -0.2) is 10.1 Å². The molecular weight excluding hydrogens is 186 g/mol. The van der Waals surface area contributed by atoms with E-state index in [2.05, 4.69) is 4.98 Å². The van der Waals surface area contributed by atoms with Crippen LogP contribution in [-0.2, 0) is 30.0 Å². The van der Waals surface area contributed by atoms with E-state index in [4.69, 9.17) is 27.5 Å². The second-order valence-electron chi connectivity index (χ2n) is 1.62. The van der Waals surface area contributed by atoms with Crippen molar-refractivity contribution in [1.29, 1.82) is 0 Å². The van der Waals surface area contributed by atoms with Crippen molar-refractivity contribution in [2.24, 2.45) is 0 Å². The van der Waals surface area contributed by atoms with Gasteiger partial charge in [-0.15, -0.1) is 0 Å². The number of nitrogens with one attached hydrogen (secondary N) is 1. The minimum atomic E-state index is -0.729. The van der Waals surface area contributed by atoms with Gasteiger partial charge in [-0.3, -0.25) is 0 Å². The standard InChI is InChI=1S/C5H5NOS3/c7-4-2-1-3-6-5(4)10(8)9/h1-3,6-7H. The Labute approximate surface area is 69.0 Å². The zero-order chi connectivity index (χ0) is 7.56. The molecule has 1 aromatic rings. The summed E-state index contributed by atoms with van der Waals surface area (Å²) >= 11 is 9.57. The number of rotatable bonds is 0. The van der Waals surface area contributed by atoms with Gasteiger partial charge < -0.3 is 10.1 Å². The fourth-order valence-electron chi connectivity index (χ4n) is 0.546. The summed E-state index contributed by atoms with van der Waals surface area (Å²) in [7, 11) is -0.729. The average Bonchev–Trinajstić information content (AvgIpc) is 1.88. The molecule has 0 bridgehead atoms. The number of aromatic nitrogens is 1. The Kier molecular flexibility index (Phi) is 2.42. The monoisotopic (exact) mass is 191 g/mol. The lowest BCUT2D eigenvalue weighted by atomic mass is 10.5. The maximum absolute atomic E-state index is 9.12. The molecule has 2 nitrogen and oxygen atoms in total. The molecule has 0 amide bonds. The molecule has 54 valence electrons. The Hall–Kier alpha value is -0.390. The third-order valence-corrected chi connectivity index (χ3v) is 2.62. The molecule has 0 saturated heterocycles. The molecule has 1 rings (SSSR count). The molecule has 1 aromatic heterocycles. The van der Waals surface area contributed by atoms with Crippen LogP contribution in [0.3, 0.4) is 0 Å². The minimum absolute atomic E-state index is 0.149. The molecule has 0 unspecified atom stereocenters. The first-order valence-electron chi connectivity index (χ1n) is 2.51. The summed E-state index contributed by atoms with van der Waals surface area (Å²) in [5.41, 5.74) is 0. The van der Waals surface area contributed by atoms with Crippen LogP contribution in [0.15, 0.2) is 18.3 Å². The molecule has 0 saturated carbocycles. The topological polar surface area (TPSA) is 36.0 Å². The molecule has 0 aromatic carbocycles. The predicted octanol–water partition coefficient (Wildman–Crippen LogP) is 0.794. The van der Waals surface area contributed by atoms with Gasteiger partial charge in [0.1, 0.15) is 10.4 Å². The first kappa shape index (κ1) is 7.71. The molecule has 0 radical (unpaired) electrons. The van der Waals surface area contributed by atoms with Gasteiger partial charge in [-0.25, -0.2) is 0 Å². The van der Waals surface area contributed by atoms with Gasteiger partial charge in [0, 0.05) is 6.20 Å². The molecule has 0 fully saturated rings. The number of pyridine rings is 1. The van der Waals surface area contributed by atoms with Crippen molar-refractivity contribution in [2.75, 3.05) is 0 Å². The van der Waals surface area contributed by atoms with E-state index in [1.807, 2.05) is 0 Å². The molecule has 0 aliphatic carbocycles. The molecule has 5 heteroatoms. The SMILES string of the molecule is Oc1ccc[nH]c1=S(=S)=S. The molecule has 0 spiro atoms. The second-order valence-corrected chi connectivity index (χ2v) is 5.13. The smallest absolute Gasteiger partial charge is 0.150 e. The highest BCUT2D eigenvalue weighted by Gasteiger charge is 1.85. The summed E-state index contributed by atoms with van der Waals surface area (Å²) in [5.74, 6) is 0.149. The third-order valence-electron chi connectivity index (χ3n) is 0.964. The number of aromatic hydroxyl groups is 1. The Morgan fingerprint density at radius 3 is 2.60 bits per heavy atom. The van der Waals surface area contributed by atoms with Gasteiger partial charge in [0.15, 0.2) is 0 Å². The van der Waals surface area contributed by atoms with Gasteiger partial charge in [0.2, 0.25) is 0 Å². The van der Waals surface area contributed by atoms with E-state index in [0.29, 0.717) is 4.64 Å².